The second kappa shape index (κ2) is 3.49. The minimum Gasteiger partial charge on any atom is -0.376 e. The van der Waals surface area contributed by atoms with Crippen LogP contribution in [0.5, 0.6) is 0 Å². The van der Waals surface area contributed by atoms with Crippen molar-refractivity contribution in [3.05, 3.63) is 34.9 Å². The maximum absolute atomic E-state index is 6.24. The molecule has 0 aliphatic carbocycles. The van der Waals surface area contributed by atoms with Crippen LogP contribution in [0.3, 0.4) is 0 Å². The van der Waals surface area contributed by atoms with Crippen LogP contribution in [0.4, 0.5) is 5.69 Å². The first-order valence-electron chi connectivity index (χ1n) is 5.27. The number of nitrogens with one attached hydrogen (secondary N) is 1. The summed E-state index contributed by atoms with van der Waals surface area (Å²) in [5.74, 6) is 1.86. The number of hydrogen-bond donors (Lipinski definition) is 1. The van der Waals surface area contributed by atoms with Crippen molar-refractivity contribution in [3.8, 4) is 5.69 Å². The molecule has 1 aromatic heterocycles. The zero-order valence-corrected chi connectivity index (χ0v) is 9.62. The molecule has 2 heterocycles. The molecular formula is C11H11ClN4. The third kappa shape index (κ3) is 1.23. The number of aromatic nitrogens is 3. The van der Waals surface area contributed by atoms with Gasteiger partial charge in [0, 0.05) is 6.42 Å². The minimum absolute atomic E-state index is 0.695. The average molecular weight is 235 g/mol. The summed E-state index contributed by atoms with van der Waals surface area (Å²) in [6.07, 6.45) is 0.845. The molecule has 0 fully saturated rings. The minimum atomic E-state index is 0.695. The molecule has 2 aromatic rings. The molecule has 0 atom stereocenters. The molecule has 0 spiro atoms. The fourth-order valence-electron chi connectivity index (χ4n) is 2.01. The maximum atomic E-state index is 6.24. The van der Waals surface area contributed by atoms with Crippen molar-refractivity contribution < 1.29 is 0 Å². The van der Waals surface area contributed by atoms with Gasteiger partial charge >= 0.3 is 0 Å². The Labute approximate surface area is 98.3 Å². The summed E-state index contributed by atoms with van der Waals surface area (Å²) < 4.78 is 2.05. The molecule has 4 nitrogen and oxygen atoms in total. The summed E-state index contributed by atoms with van der Waals surface area (Å²) in [5, 5.41) is 12.3. The number of para-hydroxylation sites is 1. The summed E-state index contributed by atoms with van der Waals surface area (Å²) in [5.41, 5.74) is 2.00. The van der Waals surface area contributed by atoms with E-state index in [9.17, 15) is 0 Å². The normalized spacial score (nSPS) is 12.9. The van der Waals surface area contributed by atoms with Gasteiger partial charge in [-0.3, -0.25) is 4.57 Å². The number of fused-ring (bicyclic) bond motifs is 3. The van der Waals surface area contributed by atoms with Crippen LogP contribution in [0, 0.1) is 0 Å². The zero-order chi connectivity index (χ0) is 11.1. The molecule has 16 heavy (non-hydrogen) atoms. The van der Waals surface area contributed by atoms with Gasteiger partial charge in [0.1, 0.15) is 5.82 Å². The Morgan fingerprint density at radius 3 is 3.12 bits per heavy atom. The molecule has 0 saturated carbocycles. The van der Waals surface area contributed by atoms with Crippen molar-refractivity contribution in [2.24, 2.45) is 0 Å². The molecule has 1 N–H and O–H groups in total. The smallest absolute Gasteiger partial charge is 0.157 e. The van der Waals surface area contributed by atoms with E-state index in [2.05, 4.69) is 22.4 Å². The third-order valence-electron chi connectivity index (χ3n) is 2.76. The topological polar surface area (TPSA) is 42.7 Å². The summed E-state index contributed by atoms with van der Waals surface area (Å²) in [4.78, 5) is 0. The van der Waals surface area contributed by atoms with Gasteiger partial charge in [-0.15, -0.1) is 10.2 Å². The number of rotatable bonds is 1. The van der Waals surface area contributed by atoms with E-state index in [0.29, 0.717) is 6.54 Å². The van der Waals surface area contributed by atoms with E-state index in [1.54, 1.807) is 0 Å². The SMILES string of the molecule is CCc1nnc2n1-c1c(Cl)cccc1NC2. The van der Waals surface area contributed by atoms with Crippen LogP contribution >= 0.6 is 11.6 Å². The predicted molar refractivity (Wildman–Crippen MR) is 63.1 cm³/mol. The van der Waals surface area contributed by atoms with Crippen molar-refractivity contribution in [3.63, 3.8) is 0 Å². The number of nitrogens with zero attached hydrogens (tertiary/aromatic N) is 3. The molecule has 1 aliphatic heterocycles. The quantitative estimate of drug-likeness (QED) is 0.824. The highest BCUT2D eigenvalue weighted by Crippen LogP contribution is 2.33. The van der Waals surface area contributed by atoms with Crippen LogP contribution in [-0.2, 0) is 13.0 Å². The van der Waals surface area contributed by atoms with E-state index < -0.39 is 0 Å². The highest BCUT2D eigenvalue weighted by molar-refractivity contribution is 6.33. The lowest BCUT2D eigenvalue weighted by atomic mass is 10.2. The lowest BCUT2D eigenvalue weighted by Crippen LogP contribution is -2.17. The van der Waals surface area contributed by atoms with Crippen LogP contribution in [0.1, 0.15) is 18.6 Å². The summed E-state index contributed by atoms with van der Waals surface area (Å²) in [6, 6.07) is 5.84. The Hall–Kier alpha value is -1.55. The van der Waals surface area contributed by atoms with Gasteiger partial charge in [-0.25, -0.2) is 0 Å². The molecule has 1 aliphatic rings. The molecular weight excluding hydrogens is 224 g/mol. The largest absolute Gasteiger partial charge is 0.376 e. The first-order chi connectivity index (χ1) is 7.81. The van der Waals surface area contributed by atoms with Gasteiger partial charge in [-0.05, 0) is 12.1 Å². The van der Waals surface area contributed by atoms with Crippen LogP contribution in [0.2, 0.25) is 5.02 Å². The molecule has 0 unspecified atom stereocenters. The molecule has 5 heteroatoms. The number of halogens is 1. The third-order valence-corrected chi connectivity index (χ3v) is 3.07. The van der Waals surface area contributed by atoms with E-state index in [-0.39, 0.29) is 0 Å². The van der Waals surface area contributed by atoms with E-state index in [1.165, 1.54) is 0 Å². The van der Waals surface area contributed by atoms with Crippen LogP contribution in [0.25, 0.3) is 5.69 Å². The molecule has 3 rings (SSSR count). The second-order valence-corrected chi connectivity index (χ2v) is 4.12. The van der Waals surface area contributed by atoms with Gasteiger partial charge < -0.3 is 5.32 Å². The Balaban J connectivity index is 2.32. The van der Waals surface area contributed by atoms with Crippen LogP contribution in [0.15, 0.2) is 18.2 Å². The standard InChI is InChI=1S/C11H11ClN4/c1-2-9-14-15-10-6-13-8-5-3-4-7(12)11(8)16(9)10/h3-5,13H,2,6H2,1H3. The van der Waals surface area contributed by atoms with Gasteiger partial charge in [0.15, 0.2) is 5.82 Å². The van der Waals surface area contributed by atoms with Crippen molar-refractivity contribution in [1.82, 2.24) is 14.8 Å². The van der Waals surface area contributed by atoms with Crippen LogP contribution < -0.4 is 5.32 Å². The number of aryl methyl sites for hydroxylation is 1. The van der Waals surface area contributed by atoms with E-state index in [0.717, 1.165) is 34.5 Å². The van der Waals surface area contributed by atoms with Crippen molar-refractivity contribution in [2.75, 3.05) is 5.32 Å². The second-order valence-electron chi connectivity index (χ2n) is 3.71. The van der Waals surface area contributed by atoms with Crippen molar-refractivity contribution in [2.45, 2.75) is 19.9 Å². The van der Waals surface area contributed by atoms with Gasteiger partial charge in [0.25, 0.3) is 0 Å². The molecule has 0 radical (unpaired) electrons. The fourth-order valence-corrected chi connectivity index (χ4v) is 2.27. The Kier molecular flexibility index (Phi) is 2.11. The first-order valence-corrected chi connectivity index (χ1v) is 5.65. The van der Waals surface area contributed by atoms with Crippen molar-refractivity contribution in [1.29, 1.82) is 0 Å². The van der Waals surface area contributed by atoms with Crippen LogP contribution in [-0.4, -0.2) is 14.8 Å². The molecule has 82 valence electrons. The Bertz CT molecular complexity index is 533. The summed E-state index contributed by atoms with van der Waals surface area (Å²) in [6.45, 7) is 2.76. The summed E-state index contributed by atoms with van der Waals surface area (Å²) in [7, 11) is 0. The maximum Gasteiger partial charge on any atom is 0.157 e. The van der Waals surface area contributed by atoms with Crippen molar-refractivity contribution >= 4 is 17.3 Å². The highest BCUT2D eigenvalue weighted by atomic mass is 35.5. The predicted octanol–water partition coefficient (Wildman–Crippen LogP) is 2.41. The number of hydrogen-bond acceptors (Lipinski definition) is 3. The monoisotopic (exact) mass is 234 g/mol. The fraction of sp³-hybridized carbons (Fsp3) is 0.273. The highest BCUT2D eigenvalue weighted by Gasteiger charge is 2.21. The average Bonchev–Trinajstić information content (AvgIpc) is 2.72. The lowest BCUT2D eigenvalue weighted by molar-refractivity contribution is 0.825. The Morgan fingerprint density at radius 2 is 2.31 bits per heavy atom. The molecule has 0 bridgehead atoms. The number of benzene rings is 1. The van der Waals surface area contributed by atoms with E-state index >= 15 is 0 Å². The van der Waals surface area contributed by atoms with Gasteiger partial charge in [-0.2, -0.15) is 0 Å². The lowest BCUT2D eigenvalue weighted by Gasteiger charge is -2.21. The molecule has 1 aromatic carbocycles. The number of anilines is 1. The zero-order valence-electron chi connectivity index (χ0n) is 8.87. The summed E-state index contributed by atoms with van der Waals surface area (Å²) >= 11 is 6.24. The molecule has 0 amide bonds. The van der Waals surface area contributed by atoms with E-state index in [1.807, 2.05) is 22.8 Å². The van der Waals surface area contributed by atoms with Gasteiger partial charge in [-0.1, -0.05) is 24.6 Å². The Morgan fingerprint density at radius 1 is 1.44 bits per heavy atom. The van der Waals surface area contributed by atoms with Gasteiger partial charge in [0.2, 0.25) is 0 Å². The van der Waals surface area contributed by atoms with Gasteiger partial charge in [0.05, 0.1) is 22.9 Å². The van der Waals surface area contributed by atoms with E-state index in [4.69, 9.17) is 11.6 Å². The first kappa shape index (κ1) is 9.66. The molecule has 0 saturated heterocycles.